The van der Waals surface area contributed by atoms with E-state index < -0.39 is 15.7 Å². The summed E-state index contributed by atoms with van der Waals surface area (Å²) in [7, 11) is -1.84. The molecule has 1 heterocycles. The average molecular weight is 325 g/mol. The summed E-state index contributed by atoms with van der Waals surface area (Å²) < 4.78 is 25.0. The molecule has 22 heavy (non-hydrogen) atoms. The summed E-state index contributed by atoms with van der Waals surface area (Å²) in [6.07, 6.45) is -0.103. The van der Waals surface area contributed by atoms with Crippen molar-refractivity contribution in [2.75, 3.05) is 11.1 Å². The molecule has 0 fully saturated rings. The van der Waals surface area contributed by atoms with Gasteiger partial charge in [-0.2, -0.15) is 0 Å². The van der Waals surface area contributed by atoms with Gasteiger partial charge in [-0.25, -0.2) is 13.1 Å². The number of aryl methyl sites for hydroxylation is 1. The van der Waals surface area contributed by atoms with Crippen molar-refractivity contribution in [3.8, 4) is 5.75 Å². The molecule has 10 heteroatoms. The van der Waals surface area contributed by atoms with Crippen LogP contribution in [0.15, 0.2) is 23.1 Å². The Labute approximate surface area is 126 Å². The van der Waals surface area contributed by atoms with Gasteiger partial charge in [0, 0.05) is 7.05 Å². The molecule has 0 saturated carbocycles. The summed E-state index contributed by atoms with van der Waals surface area (Å²) in [6, 6.07) is 3.74. The number of hydrogen-bond donors (Lipinski definition) is 2. The quantitative estimate of drug-likeness (QED) is 0.734. The third kappa shape index (κ3) is 3.39. The number of sulfone groups is 1. The maximum absolute atomic E-state index is 11.9. The van der Waals surface area contributed by atoms with Crippen molar-refractivity contribution in [1.29, 1.82) is 0 Å². The topological polar surface area (TPSA) is 127 Å². The first-order valence-electron chi connectivity index (χ1n) is 6.40. The molecule has 1 aromatic heterocycles. The second-order valence-electron chi connectivity index (χ2n) is 4.53. The normalized spacial score (nSPS) is 11.4. The number of anilines is 1. The highest BCUT2D eigenvalue weighted by atomic mass is 32.2. The van der Waals surface area contributed by atoms with Crippen LogP contribution in [0.1, 0.15) is 12.7 Å². The summed E-state index contributed by atoms with van der Waals surface area (Å²) in [5.74, 6) is -0.427. The first-order chi connectivity index (χ1) is 10.3. The molecular weight excluding hydrogens is 310 g/mol. The number of amides is 1. The van der Waals surface area contributed by atoms with Gasteiger partial charge in [0.25, 0.3) is 0 Å². The second kappa shape index (κ2) is 6.10. The van der Waals surface area contributed by atoms with Crippen LogP contribution in [0.25, 0.3) is 0 Å². The molecule has 0 aliphatic heterocycles. The lowest BCUT2D eigenvalue weighted by molar-refractivity contribution is -0.115. The highest BCUT2D eigenvalue weighted by molar-refractivity contribution is 7.91. The minimum atomic E-state index is -3.43. The van der Waals surface area contributed by atoms with E-state index in [1.165, 1.54) is 29.8 Å². The molecule has 0 spiro atoms. The minimum Gasteiger partial charge on any atom is -0.506 e. The number of aromatic hydroxyl groups is 1. The predicted molar refractivity (Wildman–Crippen MR) is 77.0 cm³/mol. The number of rotatable bonds is 5. The SMILES string of the molecule is CCS(=O)(=O)c1ccc(O)c(NC(=O)Cc2nnnn2C)c1. The Morgan fingerprint density at radius 1 is 1.41 bits per heavy atom. The molecule has 2 aromatic rings. The number of carbonyl (C=O) groups is 1. The Bertz CT molecular complexity index is 800. The number of nitrogens with zero attached hydrogens (tertiary/aromatic N) is 4. The second-order valence-corrected chi connectivity index (χ2v) is 6.80. The van der Waals surface area contributed by atoms with Gasteiger partial charge in [-0.1, -0.05) is 6.92 Å². The van der Waals surface area contributed by atoms with Gasteiger partial charge in [-0.05, 0) is 28.6 Å². The number of phenols is 1. The Morgan fingerprint density at radius 2 is 2.14 bits per heavy atom. The summed E-state index contributed by atoms with van der Waals surface area (Å²) in [6.45, 7) is 1.52. The van der Waals surface area contributed by atoms with Gasteiger partial charge in [0.15, 0.2) is 15.7 Å². The maximum Gasteiger partial charge on any atom is 0.232 e. The van der Waals surface area contributed by atoms with Crippen LogP contribution in [0.3, 0.4) is 0 Å². The fraction of sp³-hybridized carbons (Fsp3) is 0.333. The van der Waals surface area contributed by atoms with Gasteiger partial charge in [-0.15, -0.1) is 5.10 Å². The molecule has 0 aliphatic rings. The van der Waals surface area contributed by atoms with Gasteiger partial charge in [-0.3, -0.25) is 4.79 Å². The van der Waals surface area contributed by atoms with E-state index >= 15 is 0 Å². The summed E-state index contributed by atoms with van der Waals surface area (Å²) in [5, 5.41) is 22.9. The van der Waals surface area contributed by atoms with Crippen molar-refractivity contribution in [2.45, 2.75) is 18.2 Å². The summed E-state index contributed by atoms with van der Waals surface area (Å²) in [5.41, 5.74) is 0.0228. The number of hydrogen-bond acceptors (Lipinski definition) is 7. The fourth-order valence-corrected chi connectivity index (χ4v) is 2.62. The van der Waals surface area contributed by atoms with E-state index in [9.17, 15) is 18.3 Å². The minimum absolute atomic E-state index is 0.0228. The Balaban J connectivity index is 2.20. The zero-order valence-electron chi connectivity index (χ0n) is 12.0. The first-order valence-corrected chi connectivity index (χ1v) is 8.05. The number of phenolic OH excluding ortho intramolecular Hbond substituents is 1. The van der Waals surface area contributed by atoms with Crippen LogP contribution in [-0.2, 0) is 28.1 Å². The third-order valence-electron chi connectivity index (χ3n) is 3.01. The Kier molecular flexibility index (Phi) is 4.40. The van der Waals surface area contributed by atoms with Gasteiger partial charge in [0.2, 0.25) is 5.91 Å². The lowest BCUT2D eigenvalue weighted by Gasteiger charge is -2.09. The average Bonchev–Trinajstić information content (AvgIpc) is 2.86. The van der Waals surface area contributed by atoms with Crippen LogP contribution in [-0.4, -0.2) is 45.4 Å². The molecule has 1 aromatic carbocycles. The molecule has 2 rings (SSSR count). The molecule has 0 unspecified atom stereocenters. The van der Waals surface area contributed by atoms with E-state index in [-0.39, 0.29) is 28.5 Å². The van der Waals surface area contributed by atoms with E-state index in [1.807, 2.05) is 0 Å². The molecule has 0 saturated heterocycles. The van der Waals surface area contributed by atoms with Crippen molar-refractivity contribution in [3.05, 3.63) is 24.0 Å². The zero-order chi connectivity index (χ0) is 16.3. The van der Waals surface area contributed by atoms with Crippen LogP contribution in [0.4, 0.5) is 5.69 Å². The molecule has 2 N–H and O–H groups in total. The summed E-state index contributed by atoms with van der Waals surface area (Å²) in [4.78, 5) is 12.0. The van der Waals surface area contributed by atoms with E-state index in [1.54, 1.807) is 7.05 Å². The lowest BCUT2D eigenvalue weighted by atomic mass is 10.2. The van der Waals surface area contributed by atoms with Crippen LogP contribution in [0.2, 0.25) is 0 Å². The van der Waals surface area contributed by atoms with Gasteiger partial charge >= 0.3 is 0 Å². The van der Waals surface area contributed by atoms with Crippen molar-refractivity contribution in [3.63, 3.8) is 0 Å². The van der Waals surface area contributed by atoms with Crippen molar-refractivity contribution >= 4 is 21.4 Å². The van der Waals surface area contributed by atoms with E-state index in [0.717, 1.165) is 0 Å². The zero-order valence-corrected chi connectivity index (χ0v) is 12.8. The predicted octanol–water partition coefficient (Wildman–Crippen LogP) is -0.110. The smallest absolute Gasteiger partial charge is 0.232 e. The largest absolute Gasteiger partial charge is 0.506 e. The van der Waals surface area contributed by atoms with Gasteiger partial charge in [0.1, 0.15) is 5.75 Å². The van der Waals surface area contributed by atoms with E-state index in [0.29, 0.717) is 5.82 Å². The molecular formula is C12H15N5O4S. The van der Waals surface area contributed by atoms with Crippen LogP contribution in [0.5, 0.6) is 5.75 Å². The molecule has 118 valence electrons. The molecule has 9 nitrogen and oxygen atoms in total. The maximum atomic E-state index is 11.9. The molecule has 0 aliphatic carbocycles. The van der Waals surface area contributed by atoms with Crippen LogP contribution >= 0.6 is 0 Å². The molecule has 0 atom stereocenters. The number of nitrogens with one attached hydrogen (secondary N) is 1. The lowest BCUT2D eigenvalue weighted by Crippen LogP contribution is -2.17. The fourth-order valence-electron chi connectivity index (χ4n) is 1.71. The summed E-state index contributed by atoms with van der Waals surface area (Å²) >= 11 is 0. The van der Waals surface area contributed by atoms with Crippen molar-refractivity contribution in [1.82, 2.24) is 20.2 Å². The van der Waals surface area contributed by atoms with Gasteiger partial charge < -0.3 is 10.4 Å². The van der Waals surface area contributed by atoms with Crippen molar-refractivity contribution in [2.24, 2.45) is 7.05 Å². The molecule has 1 amide bonds. The van der Waals surface area contributed by atoms with Crippen LogP contribution < -0.4 is 5.32 Å². The van der Waals surface area contributed by atoms with Crippen molar-refractivity contribution < 1.29 is 18.3 Å². The Hall–Kier alpha value is -2.49. The number of carbonyl (C=O) groups excluding carboxylic acids is 1. The van der Waals surface area contributed by atoms with Gasteiger partial charge in [0.05, 0.1) is 22.8 Å². The number of aromatic nitrogens is 4. The standard InChI is InChI=1S/C12H15N5O4S/c1-3-22(20,21)8-4-5-10(18)9(6-8)13-12(19)7-11-14-15-16-17(11)2/h4-6,18H,3,7H2,1-2H3,(H,13,19). The van der Waals surface area contributed by atoms with E-state index in [2.05, 4.69) is 20.8 Å². The highest BCUT2D eigenvalue weighted by Gasteiger charge is 2.16. The number of tetrazole rings is 1. The Morgan fingerprint density at radius 3 is 2.73 bits per heavy atom. The molecule has 0 bridgehead atoms. The van der Waals surface area contributed by atoms with Crippen LogP contribution in [0, 0.1) is 0 Å². The highest BCUT2D eigenvalue weighted by Crippen LogP contribution is 2.27. The number of benzene rings is 1. The third-order valence-corrected chi connectivity index (χ3v) is 4.74. The monoisotopic (exact) mass is 325 g/mol. The molecule has 0 radical (unpaired) electrons. The van der Waals surface area contributed by atoms with E-state index in [4.69, 9.17) is 0 Å². The first kappa shape index (κ1) is 15.9.